The van der Waals surface area contributed by atoms with E-state index >= 15 is 0 Å². The summed E-state index contributed by atoms with van der Waals surface area (Å²) in [5.74, 6) is 0. The Morgan fingerprint density at radius 1 is 1.05 bits per heavy atom. The summed E-state index contributed by atoms with van der Waals surface area (Å²) in [6.07, 6.45) is -3.85. The van der Waals surface area contributed by atoms with Crippen LogP contribution in [0, 0.1) is 0 Å². The highest BCUT2D eigenvalue weighted by Crippen LogP contribution is 2.31. The average molecular weight is 344 g/mol. The predicted molar refractivity (Wildman–Crippen MR) is 76.2 cm³/mol. The summed E-state index contributed by atoms with van der Waals surface area (Å²) in [6, 6.07) is 12.3. The van der Waals surface area contributed by atoms with Gasteiger partial charge in [0, 0.05) is 10.5 Å². The van der Waals surface area contributed by atoms with Crippen molar-refractivity contribution < 1.29 is 13.2 Å². The minimum absolute atomic E-state index is 0.460. The predicted octanol–water partition coefficient (Wildman–Crippen LogP) is 4.71. The topological polar surface area (TPSA) is 26.0 Å². The van der Waals surface area contributed by atoms with E-state index in [2.05, 4.69) is 15.9 Å². The Kier molecular flexibility index (Phi) is 4.50. The molecule has 1 atom stereocenters. The third-order valence-corrected chi connectivity index (χ3v) is 3.54. The van der Waals surface area contributed by atoms with Gasteiger partial charge in [0.25, 0.3) is 0 Å². The maximum Gasteiger partial charge on any atom is 0.416 e. The first-order valence-electron chi connectivity index (χ1n) is 6.03. The summed E-state index contributed by atoms with van der Waals surface area (Å²) in [7, 11) is 0. The van der Waals surface area contributed by atoms with Gasteiger partial charge in [0.2, 0.25) is 0 Å². The smallest absolute Gasteiger partial charge is 0.324 e. The van der Waals surface area contributed by atoms with Crippen LogP contribution in [0.25, 0.3) is 0 Å². The van der Waals surface area contributed by atoms with Gasteiger partial charge in [-0.15, -0.1) is 0 Å². The molecule has 106 valence electrons. The van der Waals surface area contributed by atoms with Gasteiger partial charge in [0.05, 0.1) is 5.56 Å². The van der Waals surface area contributed by atoms with Crippen molar-refractivity contribution in [1.29, 1.82) is 0 Å². The lowest BCUT2D eigenvalue weighted by Gasteiger charge is -2.14. The van der Waals surface area contributed by atoms with E-state index in [1.54, 1.807) is 6.07 Å². The molecule has 0 aliphatic heterocycles. The number of benzene rings is 2. The van der Waals surface area contributed by atoms with E-state index in [1.165, 1.54) is 6.07 Å². The Hall–Kier alpha value is -1.33. The molecular weight excluding hydrogens is 331 g/mol. The second-order valence-electron chi connectivity index (χ2n) is 4.56. The summed E-state index contributed by atoms with van der Waals surface area (Å²) in [5, 5.41) is 0. The van der Waals surface area contributed by atoms with E-state index in [4.69, 9.17) is 5.73 Å². The highest BCUT2D eigenvalue weighted by atomic mass is 79.9. The fourth-order valence-corrected chi connectivity index (χ4v) is 2.20. The first-order valence-corrected chi connectivity index (χ1v) is 6.83. The highest BCUT2D eigenvalue weighted by Gasteiger charge is 2.30. The molecule has 5 heteroatoms. The molecule has 0 bridgehead atoms. The molecule has 2 aromatic carbocycles. The Labute approximate surface area is 123 Å². The summed E-state index contributed by atoms with van der Waals surface area (Å²) in [5.41, 5.74) is 6.81. The van der Waals surface area contributed by atoms with Crippen LogP contribution >= 0.6 is 15.9 Å². The van der Waals surface area contributed by atoms with Gasteiger partial charge in [-0.3, -0.25) is 0 Å². The molecule has 0 aliphatic rings. The van der Waals surface area contributed by atoms with Crippen molar-refractivity contribution >= 4 is 15.9 Å². The van der Waals surface area contributed by atoms with Crippen LogP contribution in [-0.4, -0.2) is 0 Å². The van der Waals surface area contributed by atoms with Crippen LogP contribution in [0.4, 0.5) is 13.2 Å². The lowest BCUT2D eigenvalue weighted by molar-refractivity contribution is -0.137. The lowest BCUT2D eigenvalue weighted by Crippen LogP contribution is -2.15. The third kappa shape index (κ3) is 3.84. The summed E-state index contributed by atoms with van der Waals surface area (Å²) < 4.78 is 38.9. The molecule has 0 amide bonds. The van der Waals surface area contributed by atoms with Gasteiger partial charge >= 0.3 is 6.18 Å². The van der Waals surface area contributed by atoms with Crippen molar-refractivity contribution in [3.8, 4) is 0 Å². The largest absolute Gasteiger partial charge is 0.416 e. The number of halogens is 4. The molecule has 0 fully saturated rings. The van der Waals surface area contributed by atoms with E-state index in [-0.39, 0.29) is 0 Å². The first kappa shape index (κ1) is 15.1. The maximum atomic E-state index is 12.7. The van der Waals surface area contributed by atoms with Gasteiger partial charge in [0.1, 0.15) is 0 Å². The molecule has 2 N–H and O–H groups in total. The van der Waals surface area contributed by atoms with Crippen molar-refractivity contribution in [2.75, 3.05) is 0 Å². The third-order valence-electron chi connectivity index (χ3n) is 3.01. The van der Waals surface area contributed by atoms with Crippen LogP contribution in [0.15, 0.2) is 53.0 Å². The van der Waals surface area contributed by atoms with Gasteiger partial charge in [0.15, 0.2) is 0 Å². The Bertz CT molecular complexity index is 578. The first-order chi connectivity index (χ1) is 9.36. The molecule has 0 saturated carbocycles. The quantitative estimate of drug-likeness (QED) is 0.857. The standard InChI is InChI=1S/C15H13BrF3N/c16-13-6-4-10(5-7-13)8-14(20)11-2-1-3-12(9-11)15(17,18)19/h1-7,9,14H,8,20H2. The summed E-state index contributed by atoms with van der Waals surface area (Å²) >= 11 is 3.33. The number of alkyl halides is 3. The lowest BCUT2D eigenvalue weighted by atomic mass is 9.98. The van der Waals surface area contributed by atoms with Crippen molar-refractivity contribution in [3.05, 3.63) is 69.7 Å². The van der Waals surface area contributed by atoms with Crippen LogP contribution in [0.5, 0.6) is 0 Å². The number of hydrogen-bond donors (Lipinski definition) is 1. The van der Waals surface area contributed by atoms with Gasteiger partial charge in [-0.2, -0.15) is 13.2 Å². The summed E-state index contributed by atoms with van der Waals surface area (Å²) in [6.45, 7) is 0. The van der Waals surface area contributed by atoms with Gasteiger partial charge in [-0.05, 0) is 41.8 Å². The molecule has 0 spiro atoms. The molecule has 1 nitrogen and oxygen atoms in total. The monoisotopic (exact) mass is 343 g/mol. The maximum absolute atomic E-state index is 12.7. The average Bonchev–Trinajstić information content (AvgIpc) is 2.40. The molecule has 0 radical (unpaired) electrons. The number of rotatable bonds is 3. The molecule has 0 saturated heterocycles. The molecule has 1 unspecified atom stereocenters. The normalized spacial score (nSPS) is 13.2. The van der Waals surface area contributed by atoms with Gasteiger partial charge < -0.3 is 5.73 Å². The second kappa shape index (κ2) is 5.97. The van der Waals surface area contributed by atoms with Crippen molar-refractivity contribution in [2.24, 2.45) is 5.73 Å². The molecule has 0 heterocycles. The zero-order valence-electron chi connectivity index (χ0n) is 10.5. The van der Waals surface area contributed by atoms with Crippen LogP contribution < -0.4 is 5.73 Å². The fraction of sp³-hybridized carbons (Fsp3) is 0.200. The second-order valence-corrected chi connectivity index (χ2v) is 5.48. The van der Waals surface area contributed by atoms with E-state index in [1.807, 2.05) is 24.3 Å². The minimum Gasteiger partial charge on any atom is -0.324 e. The van der Waals surface area contributed by atoms with Crippen LogP contribution in [0.2, 0.25) is 0 Å². The molecule has 0 aromatic heterocycles. The minimum atomic E-state index is -4.34. The zero-order valence-corrected chi connectivity index (χ0v) is 12.1. The Morgan fingerprint density at radius 2 is 1.70 bits per heavy atom. The van der Waals surface area contributed by atoms with E-state index in [9.17, 15) is 13.2 Å². The highest BCUT2D eigenvalue weighted by molar-refractivity contribution is 9.10. The summed E-state index contributed by atoms with van der Waals surface area (Å²) in [4.78, 5) is 0. The SMILES string of the molecule is NC(Cc1ccc(Br)cc1)c1cccc(C(F)(F)F)c1. The van der Waals surface area contributed by atoms with Crippen molar-refractivity contribution in [3.63, 3.8) is 0 Å². The Morgan fingerprint density at radius 3 is 2.30 bits per heavy atom. The number of nitrogens with two attached hydrogens (primary N) is 1. The molecule has 2 aromatic rings. The van der Waals surface area contributed by atoms with E-state index < -0.39 is 17.8 Å². The van der Waals surface area contributed by atoms with Crippen LogP contribution in [0.3, 0.4) is 0 Å². The van der Waals surface area contributed by atoms with Crippen LogP contribution in [0.1, 0.15) is 22.7 Å². The molecule has 2 rings (SSSR count). The number of hydrogen-bond acceptors (Lipinski definition) is 1. The fourth-order valence-electron chi connectivity index (χ4n) is 1.94. The Balaban J connectivity index is 2.17. The van der Waals surface area contributed by atoms with Crippen molar-refractivity contribution in [1.82, 2.24) is 0 Å². The van der Waals surface area contributed by atoms with Crippen molar-refractivity contribution in [2.45, 2.75) is 18.6 Å². The van der Waals surface area contributed by atoms with E-state index in [0.717, 1.165) is 22.2 Å². The molecule has 20 heavy (non-hydrogen) atoms. The van der Waals surface area contributed by atoms with Gasteiger partial charge in [-0.1, -0.05) is 40.2 Å². The molecule has 0 aliphatic carbocycles. The zero-order chi connectivity index (χ0) is 14.8. The van der Waals surface area contributed by atoms with E-state index in [0.29, 0.717) is 12.0 Å². The van der Waals surface area contributed by atoms with Gasteiger partial charge in [-0.25, -0.2) is 0 Å². The molecular formula is C15H13BrF3N. The van der Waals surface area contributed by atoms with Crippen LogP contribution in [-0.2, 0) is 12.6 Å².